The molecule has 1 aliphatic heterocycles. The van der Waals surface area contributed by atoms with Gasteiger partial charge in [0.05, 0.1) is 0 Å². The molecule has 0 aromatic heterocycles. The SMILES string of the molecule is CN=C(NCCNC(=O)c1cccc(Br)c1)N(C)CCC1CCOCC1. The zero-order valence-electron chi connectivity index (χ0n) is 15.6. The molecule has 0 radical (unpaired) electrons. The van der Waals surface area contributed by atoms with E-state index in [1.54, 1.807) is 13.1 Å². The van der Waals surface area contributed by atoms with Crippen LogP contribution in [0.5, 0.6) is 0 Å². The average molecular weight is 425 g/mol. The second kappa shape index (κ2) is 11.2. The van der Waals surface area contributed by atoms with Gasteiger partial charge in [-0.2, -0.15) is 0 Å². The number of aliphatic imine (C=N–C) groups is 1. The molecule has 1 aromatic rings. The number of carbonyl (C=O) groups is 1. The fraction of sp³-hybridized carbons (Fsp3) is 0.579. The Labute approximate surface area is 164 Å². The van der Waals surface area contributed by atoms with Crippen LogP contribution in [-0.2, 0) is 4.74 Å². The van der Waals surface area contributed by atoms with E-state index in [4.69, 9.17) is 4.74 Å². The van der Waals surface area contributed by atoms with Crippen LogP contribution in [0.15, 0.2) is 33.7 Å². The molecule has 0 saturated carbocycles. The van der Waals surface area contributed by atoms with Crippen molar-refractivity contribution in [2.45, 2.75) is 19.3 Å². The van der Waals surface area contributed by atoms with Crippen LogP contribution in [0.25, 0.3) is 0 Å². The van der Waals surface area contributed by atoms with Gasteiger partial charge in [-0.15, -0.1) is 0 Å². The maximum Gasteiger partial charge on any atom is 0.251 e. The Kier molecular flexibility index (Phi) is 8.91. The van der Waals surface area contributed by atoms with Crippen LogP contribution in [0.2, 0.25) is 0 Å². The van der Waals surface area contributed by atoms with Gasteiger partial charge in [0, 0.05) is 57.0 Å². The molecule has 0 bridgehead atoms. The Balaban J connectivity index is 1.66. The maximum atomic E-state index is 12.1. The van der Waals surface area contributed by atoms with E-state index in [2.05, 4.69) is 43.5 Å². The fourth-order valence-electron chi connectivity index (χ4n) is 2.98. The summed E-state index contributed by atoms with van der Waals surface area (Å²) in [4.78, 5) is 18.6. The minimum atomic E-state index is -0.0732. The van der Waals surface area contributed by atoms with Crippen molar-refractivity contribution < 1.29 is 9.53 Å². The third-order valence-corrected chi connectivity index (χ3v) is 5.06. The number of nitrogens with one attached hydrogen (secondary N) is 2. The summed E-state index contributed by atoms with van der Waals surface area (Å²) in [5.41, 5.74) is 0.650. The van der Waals surface area contributed by atoms with Crippen molar-refractivity contribution >= 4 is 27.8 Å². The molecule has 6 nitrogen and oxygen atoms in total. The monoisotopic (exact) mass is 424 g/mol. The highest BCUT2D eigenvalue weighted by Crippen LogP contribution is 2.18. The van der Waals surface area contributed by atoms with E-state index in [0.717, 1.165) is 55.4 Å². The molecule has 1 saturated heterocycles. The lowest BCUT2D eigenvalue weighted by Gasteiger charge is -2.26. The predicted molar refractivity (Wildman–Crippen MR) is 109 cm³/mol. The molecular formula is C19H29BrN4O2. The van der Waals surface area contributed by atoms with Crippen LogP contribution in [0.1, 0.15) is 29.6 Å². The number of hydrogen-bond acceptors (Lipinski definition) is 3. The van der Waals surface area contributed by atoms with Crippen molar-refractivity contribution in [3.63, 3.8) is 0 Å². The number of guanidine groups is 1. The summed E-state index contributed by atoms with van der Waals surface area (Å²) in [5.74, 6) is 1.53. The van der Waals surface area contributed by atoms with Crippen molar-refractivity contribution in [1.82, 2.24) is 15.5 Å². The Bertz CT molecular complexity index is 603. The number of hydrogen-bond donors (Lipinski definition) is 2. The van der Waals surface area contributed by atoms with Gasteiger partial charge in [0.15, 0.2) is 5.96 Å². The molecule has 1 aromatic carbocycles. The average Bonchev–Trinajstić information content (AvgIpc) is 2.67. The summed E-state index contributed by atoms with van der Waals surface area (Å²) >= 11 is 3.38. The van der Waals surface area contributed by atoms with E-state index in [0.29, 0.717) is 18.7 Å². The minimum absolute atomic E-state index is 0.0732. The number of carbonyl (C=O) groups excluding carboxylic acids is 1. The topological polar surface area (TPSA) is 66.0 Å². The second-order valence-electron chi connectivity index (χ2n) is 6.51. The highest BCUT2D eigenvalue weighted by Gasteiger charge is 2.15. The summed E-state index contributed by atoms with van der Waals surface area (Å²) in [5, 5.41) is 6.22. The molecule has 1 aliphatic rings. The lowest BCUT2D eigenvalue weighted by molar-refractivity contribution is 0.0625. The highest BCUT2D eigenvalue weighted by atomic mass is 79.9. The molecule has 0 aliphatic carbocycles. The Morgan fingerprint density at radius 3 is 2.73 bits per heavy atom. The zero-order valence-corrected chi connectivity index (χ0v) is 17.2. The van der Waals surface area contributed by atoms with Gasteiger partial charge < -0.3 is 20.3 Å². The van der Waals surface area contributed by atoms with Crippen molar-refractivity contribution in [2.75, 3.05) is 46.9 Å². The minimum Gasteiger partial charge on any atom is -0.381 e. The molecule has 0 atom stereocenters. The van der Waals surface area contributed by atoms with Gasteiger partial charge in [0.1, 0.15) is 0 Å². The summed E-state index contributed by atoms with van der Waals surface area (Å²) in [6.07, 6.45) is 3.46. The Morgan fingerprint density at radius 1 is 1.31 bits per heavy atom. The first-order valence-electron chi connectivity index (χ1n) is 9.13. The lowest BCUT2D eigenvalue weighted by atomic mass is 9.96. The van der Waals surface area contributed by atoms with Crippen LogP contribution in [0.3, 0.4) is 0 Å². The second-order valence-corrected chi connectivity index (χ2v) is 7.42. The van der Waals surface area contributed by atoms with Gasteiger partial charge in [-0.3, -0.25) is 9.79 Å². The summed E-state index contributed by atoms with van der Waals surface area (Å²) in [6.45, 7) is 3.92. The largest absolute Gasteiger partial charge is 0.381 e. The van der Waals surface area contributed by atoms with Crippen molar-refractivity contribution in [3.05, 3.63) is 34.3 Å². The zero-order chi connectivity index (χ0) is 18.8. The molecule has 1 fully saturated rings. The first-order chi connectivity index (χ1) is 12.6. The molecule has 0 unspecified atom stereocenters. The number of halogens is 1. The number of rotatable bonds is 7. The first-order valence-corrected chi connectivity index (χ1v) is 9.92. The van der Waals surface area contributed by atoms with E-state index >= 15 is 0 Å². The van der Waals surface area contributed by atoms with Gasteiger partial charge in [-0.1, -0.05) is 22.0 Å². The smallest absolute Gasteiger partial charge is 0.251 e. The van der Waals surface area contributed by atoms with E-state index in [1.165, 1.54) is 0 Å². The molecule has 0 spiro atoms. The molecule has 144 valence electrons. The molecule has 7 heteroatoms. The lowest BCUT2D eigenvalue weighted by Crippen LogP contribution is -2.43. The van der Waals surface area contributed by atoms with E-state index < -0.39 is 0 Å². The van der Waals surface area contributed by atoms with Crippen molar-refractivity contribution in [3.8, 4) is 0 Å². The van der Waals surface area contributed by atoms with Gasteiger partial charge in [0.2, 0.25) is 0 Å². The van der Waals surface area contributed by atoms with Gasteiger partial charge in [-0.25, -0.2) is 0 Å². The van der Waals surface area contributed by atoms with E-state index in [-0.39, 0.29) is 5.91 Å². The van der Waals surface area contributed by atoms with E-state index in [9.17, 15) is 4.79 Å². The standard InChI is InChI=1S/C19H29BrN4O2/c1-21-19(24(2)11-6-15-7-12-26-13-8-15)23-10-9-22-18(25)16-4-3-5-17(20)14-16/h3-5,14-15H,6-13H2,1-2H3,(H,21,23)(H,22,25). The molecule has 2 N–H and O–H groups in total. The van der Waals surface area contributed by atoms with E-state index in [1.807, 2.05) is 18.2 Å². The third kappa shape index (κ3) is 6.96. The van der Waals surface area contributed by atoms with Crippen LogP contribution in [-0.4, -0.2) is 63.7 Å². The summed E-state index contributed by atoms with van der Waals surface area (Å²) in [6, 6.07) is 7.37. The third-order valence-electron chi connectivity index (χ3n) is 4.57. The molecule has 1 amide bonds. The number of nitrogens with zero attached hydrogens (tertiary/aromatic N) is 2. The van der Waals surface area contributed by atoms with Crippen LogP contribution in [0, 0.1) is 5.92 Å². The normalized spacial score (nSPS) is 15.6. The first kappa shape index (κ1) is 20.7. The van der Waals surface area contributed by atoms with Crippen LogP contribution >= 0.6 is 15.9 Å². The fourth-order valence-corrected chi connectivity index (χ4v) is 3.38. The predicted octanol–water partition coefficient (Wildman–Crippen LogP) is 2.50. The molecule has 26 heavy (non-hydrogen) atoms. The Hall–Kier alpha value is -1.60. The highest BCUT2D eigenvalue weighted by molar-refractivity contribution is 9.10. The van der Waals surface area contributed by atoms with Gasteiger partial charge in [0.25, 0.3) is 5.91 Å². The number of benzene rings is 1. The van der Waals surface area contributed by atoms with Gasteiger partial charge >= 0.3 is 0 Å². The maximum absolute atomic E-state index is 12.1. The number of amides is 1. The summed E-state index contributed by atoms with van der Waals surface area (Å²) in [7, 11) is 3.84. The van der Waals surface area contributed by atoms with Gasteiger partial charge in [-0.05, 0) is 43.4 Å². The van der Waals surface area contributed by atoms with Crippen LogP contribution < -0.4 is 10.6 Å². The van der Waals surface area contributed by atoms with Crippen molar-refractivity contribution in [1.29, 1.82) is 0 Å². The van der Waals surface area contributed by atoms with Crippen molar-refractivity contribution in [2.24, 2.45) is 10.9 Å². The number of ether oxygens (including phenoxy) is 1. The Morgan fingerprint density at radius 2 is 2.04 bits per heavy atom. The molecule has 1 heterocycles. The summed E-state index contributed by atoms with van der Waals surface area (Å²) < 4.78 is 6.31. The van der Waals surface area contributed by atoms with Crippen LogP contribution in [0.4, 0.5) is 0 Å². The molecule has 2 rings (SSSR count). The molecular weight excluding hydrogens is 396 g/mol. The quantitative estimate of drug-likeness (QED) is 0.400.